The standard InChI is InChI=1S/C17H25ClN2O/c1-21-15(12-8-4-2-5-9-12)17-19-14-11-7-3-6-10-13(14)16(18)20-17/h12,15H,2-11H2,1H3. The van der Waals surface area contributed by atoms with E-state index in [1.54, 1.807) is 7.11 Å². The van der Waals surface area contributed by atoms with Gasteiger partial charge >= 0.3 is 0 Å². The van der Waals surface area contributed by atoms with Crippen molar-refractivity contribution >= 4 is 11.6 Å². The van der Waals surface area contributed by atoms with E-state index in [1.165, 1.54) is 62.6 Å². The molecule has 2 aliphatic carbocycles. The lowest BCUT2D eigenvalue weighted by Gasteiger charge is -2.28. The Morgan fingerprint density at radius 2 is 1.71 bits per heavy atom. The van der Waals surface area contributed by atoms with E-state index in [4.69, 9.17) is 21.3 Å². The quantitative estimate of drug-likeness (QED) is 0.601. The predicted molar refractivity (Wildman–Crippen MR) is 84.6 cm³/mol. The molecule has 0 saturated heterocycles. The molecule has 1 fully saturated rings. The van der Waals surface area contributed by atoms with Crippen molar-refractivity contribution in [3.63, 3.8) is 0 Å². The van der Waals surface area contributed by atoms with Crippen LogP contribution >= 0.6 is 11.6 Å². The maximum atomic E-state index is 6.45. The molecule has 4 heteroatoms. The minimum absolute atomic E-state index is 0.0105. The molecule has 1 aromatic heterocycles. The van der Waals surface area contributed by atoms with Crippen LogP contribution in [0.25, 0.3) is 0 Å². The number of aryl methyl sites for hydroxylation is 1. The van der Waals surface area contributed by atoms with Gasteiger partial charge in [-0.15, -0.1) is 0 Å². The Balaban J connectivity index is 1.89. The number of aromatic nitrogens is 2. The summed E-state index contributed by atoms with van der Waals surface area (Å²) in [6, 6.07) is 0. The van der Waals surface area contributed by atoms with Crippen LogP contribution in [0.2, 0.25) is 5.15 Å². The lowest BCUT2D eigenvalue weighted by molar-refractivity contribution is 0.0287. The maximum Gasteiger partial charge on any atom is 0.159 e. The highest BCUT2D eigenvalue weighted by molar-refractivity contribution is 6.30. The molecule has 1 aromatic rings. The van der Waals surface area contributed by atoms with Gasteiger partial charge in [0.05, 0.1) is 0 Å². The van der Waals surface area contributed by atoms with Crippen LogP contribution in [0.4, 0.5) is 0 Å². The van der Waals surface area contributed by atoms with Crippen LogP contribution in [0.3, 0.4) is 0 Å². The van der Waals surface area contributed by atoms with Crippen molar-refractivity contribution in [3.8, 4) is 0 Å². The summed E-state index contributed by atoms with van der Waals surface area (Å²) < 4.78 is 5.77. The Kier molecular flexibility index (Phi) is 5.12. The van der Waals surface area contributed by atoms with Crippen LogP contribution < -0.4 is 0 Å². The number of rotatable bonds is 3. The average Bonchev–Trinajstić information content (AvgIpc) is 2.75. The fraction of sp³-hybridized carbons (Fsp3) is 0.765. The largest absolute Gasteiger partial charge is 0.373 e. The number of fused-ring (bicyclic) bond motifs is 1. The van der Waals surface area contributed by atoms with Crippen LogP contribution in [0, 0.1) is 5.92 Å². The summed E-state index contributed by atoms with van der Waals surface area (Å²) in [6.45, 7) is 0. The van der Waals surface area contributed by atoms with E-state index in [1.807, 2.05) is 0 Å². The Labute approximate surface area is 132 Å². The second-order valence-electron chi connectivity index (χ2n) is 6.41. The summed E-state index contributed by atoms with van der Waals surface area (Å²) in [7, 11) is 1.78. The van der Waals surface area contributed by atoms with Gasteiger partial charge in [-0.3, -0.25) is 0 Å². The van der Waals surface area contributed by atoms with Crippen LogP contribution in [-0.2, 0) is 17.6 Å². The summed E-state index contributed by atoms with van der Waals surface area (Å²) in [5, 5.41) is 0.662. The monoisotopic (exact) mass is 308 g/mol. The minimum Gasteiger partial charge on any atom is -0.373 e. The first-order valence-corrected chi connectivity index (χ1v) is 8.75. The van der Waals surface area contributed by atoms with E-state index in [-0.39, 0.29) is 6.10 Å². The van der Waals surface area contributed by atoms with Crippen LogP contribution in [0.1, 0.15) is 74.6 Å². The van der Waals surface area contributed by atoms with Crippen molar-refractivity contribution in [2.24, 2.45) is 5.92 Å². The van der Waals surface area contributed by atoms with E-state index in [2.05, 4.69) is 4.98 Å². The van der Waals surface area contributed by atoms with Gasteiger partial charge < -0.3 is 4.74 Å². The SMILES string of the molecule is COC(c1nc(Cl)c2c(n1)CCCCC2)C1CCCCC1. The third-order valence-corrected chi connectivity index (χ3v) is 5.30. The highest BCUT2D eigenvalue weighted by Crippen LogP contribution is 2.36. The van der Waals surface area contributed by atoms with Crippen LogP contribution in [0.15, 0.2) is 0 Å². The van der Waals surface area contributed by atoms with E-state index < -0.39 is 0 Å². The Hall–Kier alpha value is -0.670. The highest BCUT2D eigenvalue weighted by Gasteiger charge is 2.28. The number of hydrogen-bond donors (Lipinski definition) is 0. The first kappa shape index (κ1) is 15.2. The van der Waals surface area contributed by atoms with Crippen molar-refractivity contribution < 1.29 is 4.74 Å². The first-order chi connectivity index (χ1) is 10.3. The molecule has 1 heterocycles. The van der Waals surface area contributed by atoms with Gasteiger partial charge in [0.1, 0.15) is 11.3 Å². The Morgan fingerprint density at radius 3 is 2.48 bits per heavy atom. The molecule has 2 aliphatic rings. The lowest BCUT2D eigenvalue weighted by Crippen LogP contribution is -2.21. The molecule has 0 aromatic carbocycles. The van der Waals surface area contributed by atoms with Gasteiger partial charge in [0.15, 0.2) is 5.82 Å². The van der Waals surface area contributed by atoms with Gasteiger partial charge in [-0.25, -0.2) is 9.97 Å². The van der Waals surface area contributed by atoms with E-state index >= 15 is 0 Å². The van der Waals surface area contributed by atoms with E-state index in [9.17, 15) is 0 Å². The zero-order chi connectivity index (χ0) is 14.7. The second kappa shape index (κ2) is 7.06. The number of nitrogens with zero attached hydrogens (tertiary/aromatic N) is 2. The minimum atomic E-state index is 0.0105. The molecule has 0 spiro atoms. The fourth-order valence-electron chi connectivity index (χ4n) is 3.82. The highest BCUT2D eigenvalue weighted by atomic mass is 35.5. The molecule has 3 rings (SSSR count). The number of halogens is 1. The summed E-state index contributed by atoms with van der Waals surface area (Å²) in [4.78, 5) is 9.46. The number of hydrogen-bond acceptors (Lipinski definition) is 3. The van der Waals surface area contributed by atoms with Crippen molar-refractivity contribution in [1.29, 1.82) is 0 Å². The summed E-state index contributed by atoms with van der Waals surface area (Å²) in [5.74, 6) is 1.36. The Morgan fingerprint density at radius 1 is 1.00 bits per heavy atom. The van der Waals surface area contributed by atoms with Gasteiger partial charge in [0.25, 0.3) is 0 Å². The van der Waals surface area contributed by atoms with Gasteiger partial charge in [-0.2, -0.15) is 0 Å². The van der Waals surface area contributed by atoms with Gasteiger partial charge in [-0.1, -0.05) is 37.3 Å². The third-order valence-electron chi connectivity index (χ3n) is 4.99. The molecule has 0 aliphatic heterocycles. The number of methoxy groups -OCH3 is 1. The molecule has 0 N–H and O–H groups in total. The summed E-state index contributed by atoms with van der Waals surface area (Å²) >= 11 is 6.45. The zero-order valence-corrected chi connectivity index (χ0v) is 13.7. The number of ether oxygens (including phenoxy) is 1. The fourth-order valence-corrected chi connectivity index (χ4v) is 4.11. The van der Waals surface area contributed by atoms with Crippen LogP contribution in [-0.4, -0.2) is 17.1 Å². The molecular formula is C17H25ClN2O. The second-order valence-corrected chi connectivity index (χ2v) is 6.77. The van der Waals surface area contributed by atoms with Gasteiger partial charge in [-0.05, 0) is 44.4 Å². The topological polar surface area (TPSA) is 35.0 Å². The smallest absolute Gasteiger partial charge is 0.159 e. The van der Waals surface area contributed by atoms with Crippen molar-refractivity contribution in [2.75, 3.05) is 7.11 Å². The van der Waals surface area contributed by atoms with E-state index in [0.717, 1.165) is 18.7 Å². The molecule has 0 amide bonds. The van der Waals surface area contributed by atoms with Crippen molar-refractivity contribution in [3.05, 3.63) is 22.2 Å². The normalized spacial score (nSPS) is 21.6. The molecule has 21 heavy (non-hydrogen) atoms. The summed E-state index contributed by atoms with van der Waals surface area (Å²) in [6.07, 6.45) is 12.1. The first-order valence-electron chi connectivity index (χ1n) is 8.37. The molecule has 0 bridgehead atoms. The van der Waals surface area contributed by atoms with E-state index in [0.29, 0.717) is 11.1 Å². The predicted octanol–water partition coefficient (Wildman–Crippen LogP) is 4.67. The maximum absolute atomic E-state index is 6.45. The molecular weight excluding hydrogens is 284 g/mol. The average molecular weight is 309 g/mol. The van der Waals surface area contributed by atoms with Crippen LogP contribution in [0.5, 0.6) is 0 Å². The van der Waals surface area contributed by atoms with Crippen molar-refractivity contribution in [2.45, 2.75) is 70.3 Å². The molecule has 1 unspecified atom stereocenters. The lowest BCUT2D eigenvalue weighted by atomic mass is 9.85. The molecule has 1 atom stereocenters. The zero-order valence-electron chi connectivity index (χ0n) is 12.9. The molecule has 116 valence electrons. The molecule has 0 radical (unpaired) electrons. The van der Waals surface area contributed by atoms with Gasteiger partial charge in [0, 0.05) is 18.4 Å². The molecule has 1 saturated carbocycles. The third kappa shape index (κ3) is 3.40. The Bertz CT molecular complexity index is 486. The molecule has 3 nitrogen and oxygen atoms in total. The summed E-state index contributed by atoms with van der Waals surface area (Å²) in [5.41, 5.74) is 2.34. The van der Waals surface area contributed by atoms with Gasteiger partial charge in [0.2, 0.25) is 0 Å². The van der Waals surface area contributed by atoms with Crippen molar-refractivity contribution in [1.82, 2.24) is 9.97 Å².